The molecule has 1 heterocycles. The first-order valence-corrected chi connectivity index (χ1v) is 17.1. The highest BCUT2D eigenvalue weighted by Crippen LogP contribution is 2.53. The summed E-state index contributed by atoms with van der Waals surface area (Å²) in [7, 11) is 0. The molecule has 0 unspecified atom stereocenters. The minimum absolute atomic E-state index is 0.904. The molecule has 1 aromatic heterocycles. The van der Waals surface area contributed by atoms with Crippen molar-refractivity contribution < 1.29 is 4.42 Å². The minimum atomic E-state index is 0.904. The highest BCUT2D eigenvalue weighted by atomic mass is 16.3. The summed E-state index contributed by atoms with van der Waals surface area (Å²) in [6.07, 6.45) is 0. The lowest BCUT2D eigenvalue weighted by atomic mass is 9.93. The SMILES string of the molecule is c1ccc(N(c2ccccc2)c2ccc(-c3ccc(-c4oc5c6c(cc7ccccc75)-c5ccccc5-c5ccccc5-c46)cc3)cc2)cc1. The number of fused-ring (bicyclic) bond motifs is 7. The second-order valence-electron chi connectivity index (χ2n) is 12.9. The third-order valence-electron chi connectivity index (χ3n) is 10.0. The molecule has 10 rings (SSSR count). The third kappa shape index (κ3) is 4.50. The van der Waals surface area contributed by atoms with Crippen LogP contribution in [0.5, 0.6) is 0 Å². The van der Waals surface area contributed by atoms with Gasteiger partial charge in [0.2, 0.25) is 0 Å². The molecular weight excluding hydrogens is 607 g/mol. The summed E-state index contributed by atoms with van der Waals surface area (Å²) in [5, 5.41) is 3.49. The van der Waals surface area contributed by atoms with Gasteiger partial charge in [-0.15, -0.1) is 0 Å². The Balaban J connectivity index is 1.09. The fraction of sp³-hybridized carbons (Fsp3) is 0. The molecule has 0 bridgehead atoms. The molecule has 0 spiro atoms. The van der Waals surface area contributed by atoms with Gasteiger partial charge in [0.15, 0.2) is 0 Å². The Morgan fingerprint density at radius 2 is 0.820 bits per heavy atom. The molecule has 0 atom stereocenters. The summed E-state index contributed by atoms with van der Waals surface area (Å²) in [5.41, 5.74) is 15.0. The van der Waals surface area contributed by atoms with Crippen molar-refractivity contribution in [1.82, 2.24) is 0 Å². The van der Waals surface area contributed by atoms with E-state index in [9.17, 15) is 0 Å². The van der Waals surface area contributed by atoms with Crippen molar-refractivity contribution in [3.8, 4) is 55.8 Å². The molecule has 0 aliphatic heterocycles. The zero-order valence-corrected chi connectivity index (χ0v) is 27.3. The number of hydrogen-bond acceptors (Lipinski definition) is 2. The molecule has 0 fully saturated rings. The van der Waals surface area contributed by atoms with E-state index in [2.05, 4.69) is 193 Å². The number of para-hydroxylation sites is 2. The fourth-order valence-corrected chi connectivity index (χ4v) is 7.71. The van der Waals surface area contributed by atoms with E-state index in [-0.39, 0.29) is 0 Å². The van der Waals surface area contributed by atoms with Gasteiger partial charge in [0.05, 0.1) is 0 Å². The lowest BCUT2D eigenvalue weighted by Gasteiger charge is -2.25. The molecule has 0 N–H and O–H groups in total. The quantitative estimate of drug-likeness (QED) is 0.187. The molecule has 8 aromatic carbocycles. The van der Waals surface area contributed by atoms with Crippen LogP contribution in [0.3, 0.4) is 0 Å². The summed E-state index contributed by atoms with van der Waals surface area (Å²) in [5.74, 6) is 0.904. The number of furan rings is 1. The predicted molar refractivity (Wildman–Crippen MR) is 209 cm³/mol. The van der Waals surface area contributed by atoms with E-state index in [1.54, 1.807) is 0 Å². The van der Waals surface area contributed by atoms with Crippen LogP contribution >= 0.6 is 0 Å². The van der Waals surface area contributed by atoms with Gasteiger partial charge >= 0.3 is 0 Å². The number of rotatable bonds is 5. The van der Waals surface area contributed by atoms with Gasteiger partial charge in [-0.1, -0.05) is 146 Å². The topological polar surface area (TPSA) is 16.4 Å². The second kappa shape index (κ2) is 11.5. The van der Waals surface area contributed by atoms with Gasteiger partial charge in [0.1, 0.15) is 11.3 Å². The fourth-order valence-electron chi connectivity index (χ4n) is 7.71. The van der Waals surface area contributed by atoms with Crippen LogP contribution in [0.15, 0.2) is 192 Å². The van der Waals surface area contributed by atoms with Gasteiger partial charge in [-0.2, -0.15) is 0 Å². The third-order valence-corrected chi connectivity index (χ3v) is 10.0. The first kappa shape index (κ1) is 28.4. The van der Waals surface area contributed by atoms with Crippen LogP contribution in [0, 0.1) is 0 Å². The van der Waals surface area contributed by atoms with Crippen molar-refractivity contribution in [2.24, 2.45) is 0 Å². The Hall–Kier alpha value is -6.64. The number of benzene rings is 8. The van der Waals surface area contributed by atoms with Crippen LogP contribution in [0.2, 0.25) is 0 Å². The predicted octanol–water partition coefficient (Wildman–Crippen LogP) is 13.7. The maximum atomic E-state index is 7.00. The molecule has 0 amide bonds. The minimum Gasteiger partial charge on any atom is -0.455 e. The Kier molecular flexibility index (Phi) is 6.53. The van der Waals surface area contributed by atoms with Gasteiger partial charge in [0.25, 0.3) is 0 Å². The maximum Gasteiger partial charge on any atom is 0.143 e. The summed E-state index contributed by atoms with van der Waals surface area (Å²) in [4.78, 5) is 2.29. The average Bonchev–Trinajstić information content (AvgIpc) is 3.55. The summed E-state index contributed by atoms with van der Waals surface area (Å²) < 4.78 is 7.00. The normalized spacial score (nSPS) is 11.6. The van der Waals surface area contributed by atoms with Crippen molar-refractivity contribution in [3.05, 3.63) is 188 Å². The van der Waals surface area contributed by atoms with Crippen LogP contribution < -0.4 is 4.90 Å². The van der Waals surface area contributed by atoms with Gasteiger partial charge in [0, 0.05) is 39.0 Å². The number of anilines is 3. The standard InChI is InChI=1S/C48H31NO/c1-3-14-36(15-4-1)49(37-16-5-2-6-17-37)38-29-27-33(28-30-38)32-23-25-34(26-24-32)47-45-43-22-12-11-20-41(43)40-19-9-10-21-42(40)44-31-35-13-7-8-18-39(35)48(50-47)46(44)45/h1-31H. The Morgan fingerprint density at radius 3 is 1.46 bits per heavy atom. The van der Waals surface area contributed by atoms with Gasteiger partial charge in [-0.3, -0.25) is 0 Å². The van der Waals surface area contributed by atoms with Crippen LogP contribution in [0.1, 0.15) is 0 Å². The zero-order chi connectivity index (χ0) is 33.0. The van der Waals surface area contributed by atoms with Gasteiger partial charge in [-0.05, 0) is 86.8 Å². The number of hydrogen-bond donors (Lipinski definition) is 0. The van der Waals surface area contributed by atoms with Crippen molar-refractivity contribution in [1.29, 1.82) is 0 Å². The molecule has 1 aliphatic carbocycles. The Morgan fingerprint density at radius 1 is 0.360 bits per heavy atom. The second-order valence-corrected chi connectivity index (χ2v) is 12.9. The van der Waals surface area contributed by atoms with Gasteiger partial charge in [-0.25, -0.2) is 0 Å². The first-order chi connectivity index (χ1) is 24.8. The largest absolute Gasteiger partial charge is 0.455 e. The molecule has 234 valence electrons. The Labute approximate surface area is 291 Å². The maximum absolute atomic E-state index is 7.00. The highest BCUT2D eigenvalue weighted by molar-refractivity contribution is 6.22. The zero-order valence-electron chi connectivity index (χ0n) is 27.3. The molecule has 0 saturated heterocycles. The molecule has 1 aliphatic rings. The van der Waals surface area contributed by atoms with E-state index in [1.807, 2.05) is 0 Å². The van der Waals surface area contributed by atoms with Crippen LogP contribution in [0.25, 0.3) is 77.6 Å². The molecule has 50 heavy (non-hydrogen) atoms. The van der Waals surface area contributed by atoms with Crippen molar-refractivity contribution in [3.63, 3.8) is 0 Å². The molecule has 2 heteroatoms. The van der Waals surface area contributed by atoms with E-state index in [0.717, 1.165) is 56.0 Å². The smallest absolute Gasteiger partial charge is 0.143 e. The van der Waals surface area contributed by atoms with Crippen molar-refractivity contribution >= 4 is 38.8 Å². The van der Waals surface area contributed by atoms with E-state index < -0.39 is 0 Å². The highest BCUT2D eigenvalue weighted by Gasteiger charge is 2.28. The van der Waals surface area contributed by atoms with E-state index in [4.69, 9.17) is 4.42 Å². The summed E-state index contributed by atoms with van der Waals surface area (Å²) in [6.45, 7) is 0. The number of nitrogens with zero attached hydrogens (tertiary/aromatic N) is 1. The summed E-state index contributed by atoms with van der Waals surface area (Å²) >= 11 is 0. The molecule has 0 saturated carbocycles. The first-order valence-electron chi connectivity index (χ1n) is 17.1. The van der Waals surface area contributed by atoms with E-state index in [0.29, 0.717) is 0 Å². The molecular formula is C48H31NO. The van der Waals surface area contributed by atoms with Crippen molar-refractivity contribution in [2.75, 3.05) is 4.90 Å². The van der Waals surface area contributed by atoms with Crippen molar-refractivity contribution in [2.45, 2.75) is 0 Å². The van der Waals surface area contributed by atoms with Crippen LogP contribution in [0.4, 0.5) is 17.1 Å². The summed E-state index contributed by atoms with van der Waals surface area (Å²) in [6, 6.07) is 67.2. The molecule has 9 aromatic rings. The lowest BCUT2D eigenvalue weighted by Crippen LogP contribution is -2.09. The monoisotopic (exact) mass is 637 g/mol. The molecule has 2 nitrogen and oxygen atoms in total. The van der Waals surface area contributed by atoms with Crippen LogP contribution in [-0.4, -0.2) is 0 Å². The lowest BCUT2D eigenvalue weighted by molar-refractivity contribution is 0.636. The molecule has 0 radical (unpaired) electrons. The Bertz CT molecular complexity index is 2630. The van der Waals surface area contributed by atoms with Gasteiger partial charge < -0.3 is 9.32 Å². The van der Waals surface area contributed by atoms with E-state index in [1.165, 1.54) is 38.6 Å². The van der Waals surface area contributed by atoms with Crippen LogP contribution in [-0.2, 0) is 0 Å². The van der Waals surface area contributed by atoms with E-state index >= 15 is 0 Å². The average molecular weight is 638 g/mol.